The molecule has 0 atom stereocenters. The van der Waals surface area contributed by atoms with Gasteiger partial charge >= 0.3 is 0 Å². The number of aryl methyl sites for hydroxylation is 3. The van der Waals surface area contributed by atoms with Gasteiger partial charge in [-0.05, 0) is 56.5 Å². The Morgan fingerprint density at radius 2 is 1.73 bits per heavy atom. The first kappa shape index (κ1) is 17.9. The molecule has 2 heterocycles. The van der Waals surface area contributed by atoms with Crippen LogP contribution in [0.2, 0.25) is 0 Å². The summed E-state index contributed by atoms with van der Waals surface area (Å²) in [6.45, 7) is 7.00. The third kappa shape index (κ3) is 4.57. The van der Waals surface area contributed by atoms with Crippen LogP contribution in [0.1, 0.15) is 22.5 Å². The van der Waals surface area contributed by atoms with Crippen LogP contribution in [-0.2, 0) is 6.42 Å². The third-order valence-corrected chi connectivity index (χ3v) is 4.35. The highest BCUT2D eigenvalue weighted by Gasteiger charge is 2.08. The number of anilines is 3. The van der Waals surface area contributed by atoms with E-state index in [9.17, 15) is 0 Å². The largest absolute Gasteiger partial charge is 0.359 e. The summed E-state index contributed by atoms with van der Waals surface area (Å²) < 4.78 is 0. The normalized spacial score (nSPS) is 10.6. The Morgan fingerprint density at radius 3 is 2.46 bits per heavy atom. The molecule has 0 aliphatic rings. The van der Waals surface area contributed by atoms with Crippen LogP contribution in [0.4, 0.5) is 17.3 Å². The van der Waals surface area contributed by atoms with Gasteiger partial charge in [0, 0.05) is 37.7 Å². The van der Waals surface area contributed by atoms with Crippen LogP contribution in [0.5, 0.6) is 0 Å². The lowest BCUT2D eigenvalue weighted by Crippen LogP contribution is -2.22. The fraction of sp³-hybridized carbons (Fsp3) is 0.286. The summed E-state index contributed by atoms with van der Waals surface area (Å²) in [4.78, 5) is 15.3. The van der Waals surface area contributed by atoms with Crippen molar-refractivity contribution in [2.75, 3.05) is 23.8 Å². The summed E-state index contributed by atoms with van der Waals surface area (Å²) in [6, 6.07) is 12.5. The van der Waals surface area contributed by atoms with Crippen molar-refractivity contribution in [2.24, 2.45) is 0 Å². The zero-order chi connectivity index (χ0) is 18.5. The second kappa shape index (κ2) is 7.95. The van der Waals surface area contributed by atoms with Gasteiger partial charge in [0.25, 0.3) is 0 Å². The van der Waals surface area contributed by atoms with E-state index < -0.39 is 0 Å². The molecule has 0 saturated heterocycles. The van der Waals surface area contributed by atoms with Gasteiger partial charge in [-0.1, -0.05) is 17.7 Å². The van der Waals surface area contributed by atoms with E-state index >= 15 is 0 Å². The highest BCUT2D eigenvalue weighted by atomic mass is 15.2. The lowest BCUT2D eigenvalue weighted by Gasteiger charge is -2.19. The maximum absolute atomic E-state index is 4.59. The highest BCUT2D eigenvalue weighted by molar-refractivity contribution is 5.63. The quantitative estimate of drug-likeness (QED) is 0.723. The molecule has 5 nitrogen and oxygen atoms in total. The van der Waals surface area contributed by atoms with E-state index in [4.69, 9.17) is 0 Å². The predicted octanol–water partition coefficient (Wildman–Crippen LogP) is 4.22. The number of hydrogen-bond donors (Lipinski definition) is 1. The highest BCUT2D eigenvalue weighted by Crippen LogP contribution is 2.22. The molecule has 3 rings (SSSR count). The summed E-state index contributed by atoms with van der Waals surface area (Å²) in [5, 5.41) is 3.42. The molecule has 2 aromatic heterocycles. The van der Waals surface area contributed by atoms with Gasteiger partial charge in [-0.15, -0.1) is 0 Å². The first-order valence-electron chi connectivity index (χ1n) is 8.81. The molecule has 0 saturated carbocycles. The van der Waals surface area contributed by atoms with E-state index in [2.05, 4.69) is 64.3 Å². The van der Waals surface area contributed by atoms with Crippen molar-refractivity contribution in [1.29, 1.82) is 0 Å². The zero-order valence-corrected chi connectivity index (χ0v) is 15.8. The van der Waals surface area contributed by atoms with E-state index in [0.29, 0.717) is 0 Å². The molecule has 0 radical (unpaired) electrons. The minimum atomic E-state index is 0.755. The Morgan fingerprint density at radius 1 is 0.962 bits per heavy atom. The van der Waals surface area contributed by atoms with Crippen molar-refractivity contribution in [3.63, 3.8) is 0 Å². The van der Waals surface area contributed by atoms with Crippen molar-refractivity contribution in [3.05, 3.63) is 71.3 Å². The second-order valence-electron chi connectivity index (χ2n) is 6.63. The molecular formula is C21H25N5. The summed E-state index contributed by atoms with van der Waals surface area (Å²) in [7, 11) is 2.06. The molecule has 134 valence electrons. The van der Waals surface area contributed by atoms with Crippen LogP contribution >= 0.6 is 0 Å². The Bertz CT molecular complexity index is 877. The van der Waals surface area contributed by atoms with Gasteiger partial charge in [-0.2, -0.15) is 0 Å². The van der Waals surface area contributed by atoms with Crippen LogP contribution in [-0.4, -0.2) is 28.5 Å². The number of likely N-dealkylation sites (N-methyl/N-ethyl adjacent to an activating group) is 1. The topological polar surface area (TPSA) is 53.9 Å². The van der Waals surface area contributed by atoms with Crippen molar-refractivity contribution in [1.82, 2.24) is 15.0 Å². The molecule has 5 heteroatoms. The lowest BCUT2D eigenvalue weighted by atomic mass is 10.1. The van der Waals surface area contributed by atoms with Gasteiger partial charge in [0.2, 0.25) is 0 Å². The smallest absolute Gasteiger partial charge is 0.136 e. The van der Waals surface area contributed by atoms with Crippen molar-refractivity contribution >= 4 is 17.3 Å². The Labute approximate surface area is 155 Å². The summed E-state index contributed by atoms with van der Waals surface area (Å²) in [5.74, 6) is 2.49. The molecule has 0 bridgehead atoms. The third-order valence-electron chi connectivity index (χ3n) is 4.35. The zero-order valence-electron chi connectivity index (χ0n) is 15.8. The number of benzene rings is 1. The van der Waals surface area contributed by atoms with E-state index in [1.54, 1.807) is 0 Å². The standard InChI is InChI=1S/C21H25N5/c1-15-5-6-19(16(2)13-15)25-20-14-21(24-17(3)23-20)26(4)12-9-18-7-10-22-11-8-18/h5-8,10-11,13-14H,9,12H2,1-4H3,(H,23,24,25). The van der Waals surface area contributed by atoms with E-state index in [0.717, 1.165) is 36.1 Å². The van der Waals surface area contributed by atoms with Gasteiger partial charge in [0.1, 0.15) is 17.5 Å². The van der Waals surface area contributed by atoms with E-state index in [-0.39, 0.29) is 0 Å². The van der Waals surface area contributed by atoms with Gasteiger partial charge in [0.05, 0.1) is 0 Å². The molecule has 0 amide bonds. The number of nitrogens with one attached hydrogen (secondary N) is 1. The second-order valence-corrected chi connectivity index (χ2v) is 6.63. The SMILES string of the molecule is Cc1ccc(Nc2cc(N(C)CCc3ccncc3)nc(C)n2)c(C)c1. The number of rotatable bonds is 6. The summed E-state index contributed by atoms with van der Waals surface area (Å²) in [5.41, 5.74) is 4.79. The van der Waals surface area contributed by atoms with Gasteiger partial charge in [0.15, 0.2) is 0 Å². The number of aromatic nitrogens is 3. The fourth-order valence-corrected chi connectivity index (χ4v) is 2.86. The maximum atomic E-state index is 4.59. The maximum Gasteiger partial charge on any atom is 0.136 e. The van der Waals surface area contributed by atoms with Crippen LogP contribution in [0, 0.1) is 20.8 Å². The number of nitrogens with zero attached hydrogens (tertiary/aromatic N) is 4. The molecular weight excluding hydrogens is 322 g/mol. The molecule has 0 aliphatic carbocycles. The summed E-state index contributed by atoms with van der Waals surface area (Å²) >= 11 is 0. The predicted molar refractivity (Wildman–Crippen MR) is 107 cm³/mol. The molecule has 1 N–H and O–H groups in total. The van der Waals surface area contributed by atoms with Crippen molar-refractivity contribution in [2.45, 2.75) is 27.2 Å². The monoisotopic (exact) mass is 347 g/mol. The van der Waals surface area contributed by atoms with Crippen LogP contribution in [0.15, 0.2) is 48.8 Å². The average Bonchev–Trinajstić information content (AvgIpc) is 2.62. The van der Waals surface area contributed by atoms with Gasteiger partial charge in [-0.25, -0.2) is 9.97 Å². The van der Waals surface area contributed by atoms with Crippen LogP contribution in [0.25, 0.3) is 0 Å². The first-order chi connectivity index (χ1) is 12.5. The van der Waals surface area contributed by atoms with Crippen LogP contribution in [0.3, 0.4) is 0 Å². The fourth-order valence-electron chi connectivity index (χ4n) is 2.86. The Kier molecular flexibility index (Phi) is 5.46. The molecule has 0 unspecified atom stereocenters. The number of hydrogen-bond acceptors (Lipinski definition) is 5. The summed E-state index contributed by atoms with van der Waals surface area (Å²) in [6.07, 6.45) is 4.61. The van der Waals surface area contributed by atoms with Crippen molar-refractivity contribution in [3.8, 4) is 0 Å². The molecule has 0 aliphatic heterocycles. The Hall–Kier alpha value is -2.95. The molecule has 0 spiro atoms. The number of pyridine rings is 1. The van der Waals surface area contributed by atoms with E-state index in [1.807, 2.05) is 37.5 Å². The lowest BCUT2D eigenvalue weighted by molar-refractivity contribution is 0.848. The van der Waals surface area contributed by atoms with Gasteiger partial charge < -0.3 is 10.2 Å². The van der Waals surface area contributed by atoms with E-state index in [1.165, 1.54) is 16.7 Å². The average molecular weight is 347 g/mol. The minimum Gasteiger partial charge on any atom is -0.359 e. The van der Waals surface area contributed by atoms with Crippen molar-refractivity contribution < 1.29 is 0 Å². The van der Waals surface area contributed by atoms with Crippen LogP contribution < -0.4 is 10.2 Å². The van der Waals surface area contributed by atoms with Gasteiger partial charge in [-0.3, -0.25) is 4.98 Å². The molecule has 26 heavy (non-hydrogen) atoms. The minimum absolute atomic E-state index is 0.755. The molecule has 3 aromatic rings. The Balaban J connectivity index is 1.74. The first-order valence-corrected chi connectivity index (χ1v) is 8.81. The molecule has 0 fully saturated rings. The molecule has 1 aromatic carbocycles.